The fourth-order valence-corrected chi connectivity index (χ4v) is 2.03. The first-order chi connectivity index (χ1) is 8.68. The fourth-order valence-electron chi connectivity index (χ4n) is 2.03. The van der Waals surface area contributed by atoms with Crippen molar-refractivity contribution in [1.82, 2.24) is 4.90 Å². The van der Waals surface area contributed by atoms with Crippen molar-refractivity contribution in [2.45, 2.75) is 25.5 Å². The topological polar surface area (TPSA) is 69.7 Å². The number of carboxylic acids is 1. The van der Waals surface area contributed by atoms with E-state index in [4.69, 9.17) is 4.74 Å². The summed E-state index contributed by atoms with van der Waals surface area (Å²) in [6, 6.07) is 8.40. The van der Waals surface area contributed by atoms with E-state index in [9.17, 15) is 14.7 Å². The van der Waals surface area contributed by atoms with E-state index >= 15 is 0 Å². The standard InChI is InChI=1S/C13H15NO4.Na/c15-12(16)11-7-4-8-14(11)13(17)18-9-10-5-2-1-3-6-10;/h1-3,5-6,11H,4,7-9H2,(H,15,16);/q;+1/p-1/t11-;/m0./s1. The van der Waals surface area contributed by atoms with Crippen molar-refractivity contribution >= 4 is 12.1 Å². The molecular weight excluding hydrogens is 257 g/mol. The Hall–Kier alpha value is -1.04. The van der Waals surface area contributed by atoms with Crippen LogP contribution in [0.1, 0.15) is 18.4 Å². The van der Waals surface area contributed by atoms with Gasteiger partial charge in [0.05, 0.1) is 12.0 Å². The summed E-state index contributed by atoms with van der Waals surface area (Å²) >= 11 is 0. The van der Waals surface area contributed by atoms with Crippen LogP contribution in [0, 0.1) is 0 Å². The molecule has 1 heterocycles. The SMILES string of the molecule is O=C([O-])[C@@H]1CCCN1C(=O)OCc1ccccc1.[Na+]. The smallest absolute Gasteiger partial charge is 0.548 e. The van der Waals surface area contributed by atoms with Gasteiger partial charge in [0.2, 0.25) is 0 Å². The van der Waals surface area contributed by atoms with E-state index < -0.39 is 18.1 Å². The molecule has 19 heavy (non-hydrogen) atoms. The Labute approximate surface area is 133 Å². The maximum Gasteiger partial charge on any atom is 1.00 e. The van der Waals surface area contributed by atoms with E-state index in [0.717, 1.165) is 5.56 Å². The van der Waals surface area contributed by atoms with Crippen LogP contribution in [0.15, 0.2) is 30.3 Å². The van der Waals surface area contributed by atoms with Gasteiger partial charge < -0.3 is 14.6 Å². The number of carbonyl (C=O) groups excluding carboxylic acids is 2. The van der Waals surface area contributed by atoms with Gasteiger partial charge in [-0.3, -0.25) is 4.90 Å². The minimum atomic E-state index is -1.22. The van der Waals surface area contributed by atoms with Crippen LogP contribution >= 0.6 is 0 Å². The third-order valence-electron chi connectivity index (χ3n) is 2.96. The molecule has 1 aromatic rings. The van der Waals surface area contributed by atoms with Gasteiger partial charge in [-0.15, -0.1) is 0 Å². The molecule has 1 amide bonds. The first kappa shape index (κ1) is 16.0. The van der Waals surface area contributed by atoms with Crippen molar-refractivity contribution in [1.29, 1.82) is 0 Å². The molecule has 0 spiro atoms. The Morgan fingerprint density at radius 1 is 1.32 bits per heavy atom. The van der Waals surface area contributed by atoms with Gasteiger partial charge in [0.15, 0.2) is 0 Å². The van der Waals surface area contributed by atoms with Crippen LogP contribution in [0.2, 0.25) is 0 Å². The monoisotopic (exact) mass is 271 g/mol. The number of amides is 1. The number of benzene rings is 1. The molecule has 0 unspecified atom stereocenters. The Balaban J connectivity index is 0.00000180. The van der Waals surface area contributed by atoms with E-state index in [1.54, 1.807) is 0 Å². The number of rotatable bonds is 3. The van der Waals surface area contributed by atoms with Crippen molar-refractivity contribution in [2.75, 3.05) is 6.54 Å². The number of carbonyl (C=O) groups is 2. The van der Waals surface area contributed by atoms with Crippen LogP contribution < -0.4 is 34.7 Å². The molecule has 1 atom stereocenters. The van der Waals surface area contributed by atoms with Gasteiger partial charge in [0, 0.05) is 6.54 Å². The van der Waals surface area contributed by atoms with Crippen molar-refractivity contribution in [2.24, 2.45) is 0 Å². The normalized spacial score (nSPS) is 17.7. The molecule has 1 saturated heterocycles. The first-order valence-electron chi connectivity index (χ1n) is 5.86. The molecule has 0 aromatic heterocycles. The summed E-state index contributed by atoms with van der Waals surface area (Å²) in [6.07, 6.45) is 0.507. The zero-order chi connectivity index (χ0) is 13.0. The predicted octanol–water partition coefficient (Wildman–Crippen LogP) is -2.46. The van der Waals surface area contributed by atoms with E-state index in [1.165, 1.54) is 4.90 Å². The van der Waals surface area contributed by atoms with E-state index in [1.807, 2.05) is 30.3 Å². The second-order valence-electron chi connectivity index (χ2n) is 4.21. The molecule has 1 aromatic carbocycles. The van der Waals surface area contributed by atoms with Crippen molar-refractivity contribution < 1.29 is 49.0 Å². The fraction of sp³-hybridized carbons (Fsp3) is 0.385. The molecule has 0 N–H and O–H groups in total. The summed E-state index contributed by atoms with van der Waals surface area (Å²) in [5.41, 5.74) is 0.870. The third-order valence-corrected chi connectivity index (χ3v) is 2.96. The summed E-state index contributed by atoms with van der Waals surface area (Å²) in [7, 11) is 0. The van der Waals surface area contributed by atoms with Crippen LogP contribution in [0.5, 0.6) is 0 Å². The molecule has 2 rings (SSSR count). The molecular formula is C13H14NNaO4. The number of hydrogen-bond acceptors (Lipinski definition) is 4. The van der Waals surface area contributed by atoms with E-state index in [-0.39, 0.29) is 36.2 Å². The van der Waals surface area contributed by atoms with Crippen LogP contribution in [0.4, 0.5) is 4.79 Å². The molecule has 1 aliphatic rings. The molecule has 96 valence electrons. The molecule has 0 aliphatic carbocycles. The maximum absolute atomic E-state index is 11.7. The van der Waals surface area contributed by atoms with Gasteiger partial charge in [-0.25, -0.2) is 4.79 Å². The van der Waals surface area contributed by atoms with Gasteiger partial charge in [-0.05, 0) is 18.4 Å². The molecule has 5 nitrogen and oxygen atoms in total. The van der Waals surface area contributed by atoms with Crippen molar-refractivity contribution in [3.05, 3.63) is 35.9 Å². The molecule has 0 saturated carbocycles. The summed E-state index contributed by atoms with van der Waals surface area (Å²) in [5, 5.41) is 10.8. The minimum Gasteiger partial charge on any atom is -0.548 e. The molecule has 0 bridgehead atoms. The second-order valence-corrected chi connectivity index (χ2v) is 4.21. The molecule has 1 aliphatic heterocycles. The van der Waals surface area contributed by atoms with E-state index in [2.05, 4.69) is 0 Å². The third kappa shape index (κ3) is 4.23. The minimum absolute atomic E-state index is 0. The Kier molecular flexibility index (Phi) is 6.34. The zero-order valence-corrected chi connectivity index (χ0v) is 12.9. The van der Waals surface area contributed by atoms with Gasteiger partial charge in [-0.1, -0.05) is 30.3 Å². The van der Waals surface area contributed by atoms with Gasteiger partial charge in [0.1, 0.15) is 6.61 Å². The maximum atomic E-state index is 11.7. The van der Waals surface area contributed by atoms with Crippen LogP contribution in [0.3, 0.4) is 0 Å². The zero-order valence-electron chi connectivity index (χ0n) is 10.9. The van der Waals surface area contributed by atoms with Crippen LogP contribution in [0.25, 0.3) is 0 Å². The molecule has 6 heteroatoms. The number of likely N-dealkylation sites (tertiary alicyclic amines) is 1. The summed E-state index contributed by atoms with van der Waals surface area (Å²) in [5.74, 6) is -1.22. The number of carboxylic acid groups (broad SMARTS) is 1. The average molecular weight is 271 g/mol. The van der Waals surface area contributed by atoms with Crippen LogP contribution in [-0.2, 0) is 16.1 Å². The van der Waals surface area contributed by atoms with Crippen molar-refractivity contribution in [3.63, 3.8) is 0 Å². The summed E-state index contributed by atoms with van der Waals surface area (Å²) in [6.45, 7) is 0.558. The average Bonchev–Trinajstić information content (AvgIpc) is 2.86. The van der Waals surface area contributed by atoms with Gasteiger partial charge in [0.25, 0.3) is 0 Å². The summed E-state index contributed by atoms with van der Waals surface area (Å²) in [4.78, 5) is 23.8. The summed E-state index contributed by atoms with van der Waals surface area (Å²) < 4.78 is 5.09. The first-order valence-corrected chi connectivity index (χ1v) is 5.86. The molecule has 0 radical (unpaired) electrons. The van der Waals surface area contributed by atoms with Crippen molar-refractivity contribution in [3.8, 4) is 0 Å². The predicted molar refractivity (Wildman–Crippen MR) is 61.4 cm³/mol. The second kappa shape index (κ2) is 7.53. The number of aliphatic carboxylic acids is 1. The van der Waals surface area contributed by atoms with Crippen LogP contribution in [-0.4, -0.2) is 29.5 Å². The van der Waals surface area contributed by atoms with Gasteiger partial charge in [-0.2, -0.15) is 0 Å². The van der Waals surface area contributed by atoms with Gasteiger partial charge >= 0.3 is 35.7 Å². The number of ether oxygens (including phenoxy) is 1. The Morgan fingerprint density at radius 3 is 2.63 bits per heavy atom. The molecule has 1 fully saturated rings. The van der Waals surface area contributed by atoms with E-state index in [0.29, 0.717) is 19.4 Å². The quantitative estimate of drug-likeness (QED) is 0.572. The Morgan fingerprint density at radius 2 is 2.00 bits per heavy atom. The number of nitrogens with zero attached hydrogens (tertiary/aromatic N) is 1. The Bertz CT molecular complexity index is 438. The largest absolute Gasteiger partial charge is 1.00 e. The number of hydrogen-bond donors (Lipinski definition) is 0.